The average Bonchev–Trinajstić information content (AvgIpc) is 2.42. The van der Waals surface area contributed by atoms with Gasteiger partial charge >= 0.3 is 0 Å². The lowest BCUT2D eigenvalue weighted by molar-refractivity contribution is 0.597. The van der Waals surface area contributed by atoms with Crippen molar-refractivity contribution in [1.29, 1.82) is 0 Å². The average molecular weight is 359 g/mol. The van der Waals surface area contributed by atoms with Gasteiger partial charge in [0.05, 0.1) is 10.6 Å². The SMILES string of the molecule is NCc1ccccc1S(=O)(=O)Nc1ccc(Br)cc1F. The molecular weight excluding hydrogens is 347 g/mol. The monoisotopic (exact) mass is 358 g/mol. The van der Waals surface area contributed by atoms with Crippen molar-refractivity contribution in [3.05, 3.63) is 58.3 Å². The van der Waals surface area contributed by atoms with Crippen molar-refractivity contribution in [2.75, 3.05) is 4.72 Å². The second kappa shape index (κ2) is 5.90. The maximum atomic E-state index is 13.7. The smallest absolute Gasteiger partial charge is 0.262 e. The number of nitrogens with two attached hydrogens (primary N) is 1. The lowest BCUT2D eigenvalue weighted by atomic mass is 10.2. The molecule has 0 bridgehead atoms. The second-order valence-electron chi connectivity index (χ2n) is 4.04. The number of nitrogens with one attached hydrogen (secondary N) is 1. The van der Waals surface area contributed by atoms with E-state index in [1.807, 2.05) is 0 Å². The molecule has 0 aliphatic rings. The van der Waals surface area contributed by atoms with Crippen LogP contribution in [0.4, 0.5) is 10.1 Å². The highest BCUT2D eigenvalue weighted by atomic mass is 79.9. The van der Waals surface area contributed by atoms with Crippen LogP contribution in [0.3, 0.4) is 0 Å². The number of hydrogen-bond acceptors (Lipinski definition) is 3. The first kappa shape index (κ1) is 15.0. The Morgan fingerprint density at radius 2 is 1.90 bits per heavy atom. The Morgan fingerprint density at radius 1 is 1.20 bits per heavy atom. The van der Waals surface area contributed by atoms with Crippen LogP contribution in [0.25, 0.3) is 0 Å². The van der Waals surface area contributed by atoms with Crippen LogP contribution in [0.1, 0.15) is 5.56 Å². The van der Waals surface area contributed by atoms with E-state index >= 15 is 0 Å². The zero-order valence-corrected chi connectivity index (χ0v) is 12.7. The Hall–Kier alpha value is -1.44. The van der Waals surface area contributed by atoms with Gasteiger partial charge in [0.1, 0.15) is 5.82 Å². The third-order valence-electron chi connectivity index (χ3n) is 2.66. The van der Waals surface area contributed by atoms with Crippen molar-refractivity contribution in [2.45, 2.75) is 11.4 Å². The van der Waals surface area contributed by atoms with Crippen LogP contribution in [0, 0.1) is 5.82 Å². The van der Waals surface area contributed by atoms with Gasteiger partial charge in [-0.05, 0) is 29.8 Å². The number of halogens is 2. The van der Waals surface area contributed by atoms with Gasteiger partial charge < -0.3 is 5.73 Å². The number of benzene rings is 2. The van der Waals surface area contributed by atoms with E-state index in [1.54, 1.807) is 24.3 Å². The summed E-state index contributed by atoms with van der Waals surface area (Å²) in [6.07, 6.45) is 0. The molecule has 0 saturated heterocycles. The standard InChI is InChI=1S/C13H12BrFN2O2S/c14-10-5-6-12(11(15)7-10)17-20(18,19)13-4-2-1-3-9(13)8-16/h1-7,17H,8,16H2. The summed E-state index contributed by atoms with van der Waals surface area (Å²) in [6, 6.07) is 10.4. The van der Waals surface area contributed by atoms with E-state index < -0.39 is 15.8 Å². The Balaban J connectivity index is 2.41. The van der Waals surface area contributed by atoms with E-state index in [9.17, 15) is 12.8 Å². The summed E-state index contributed by atoms with van der Waals surface area (Å²) in [5, 5.41) is 0. The minimum atomic E-state index is -3.88. The summed E-state index contributed by atoms with van der Waals surface area (Å²) < 4.78 is 41.0. The molecule has 0 fully saturated rings. The van der Waals surface area contributed by atoms with Gasteiger partial charge in [-0.1, -0.05) is 34.1 Å². The number of hydrogen-bond donors (Lipinski definition) is 2. The molecule has 0 saturated carbocycles. The molecule has 20 heavy (non-hydrogen) atoms. The zero-order valence-electron chi connectivity index (χ0n) is 10.3. The molecule has 0 aromatic heterocycles. The molecule has 4 nitrogen and oxygen atoms in total. The highest BCUT2D eigenvalue weighted by Crippen LogP contribution is 2.23. The fourth-order valence-corrected chi connectivity index (χ4v) is 3.36. The minimum absolute atomic E-state index is 0.0461. The topological polar surface area (TPSA) is 72.2 Å². The molecule has 0 radical (unpaired) electrons. The van der Waals surface area contributed by atoms with Crippen molar-refractivity contribution in [3.63, 3.8) is 0 Å². The third-order valence-corrected chi connectivity index (χ3v) is 4.62. The molecular formula is C13H12BrFN2O2S. The Labute approximate surface area is 125 Å². The van der Waals surface area contributed by atoms with Crippen LogP contribution in [-0.4, -0.2) is 8.42 Å². The summed E-state index contributed by atoms with van der Waals surface area (Å²) in [4.78, 5) is 0.0461. The largest absolute Gasteiger partial charge is 0.326 e. The lowest BCUT2D eigenvalue weighted by Crippen LogP contribution is -2.17. The van der Waals surface area contributed by atoms with Gasteiger partial charge in [-0.3, -0.25) is 4.72 Å². The molecule has 3 N–H and O–H groups in total. The molecule has 2 aromatic carbocycles. The summed E-state index contributed by atoms with van der Waals surface area (Å²) in [7, 11) is -3.88. The van der Waals surface area contributed by atoms with E-state index in [1.165, 1.54) is 18.2 Å². The van der Waals surface area contributed by atoms with Crippen LogP contribution in [0.2, 0.25) is 0 Å². The van der Waals surface area contributed by atoms with E-state index in [4.69, 9.17) is 5.73 Å². The molecule has 2 aromatic rings. The van der Waals surface area contributed by atoms with Gasteiger partial charge in [0, 0.05) is 11.0 Å². The molecule has 0 amide bonds. The molecule has 7 heteroatoms. The lowest BCUT2D eigenvalue weighted by Gasteiger charge is -2.12. The predicted molar refractivity (Wildman–Crippen MR) is 79.2 cm³/mol. The molecule has 0 spiro atoms. The molecule has 0 aliphatic carbocycles. The first-order valence-corrected chi connectivity index (χ1v) is 7.97. The van der Waals surface area contributed by atoms with Crippen molar-refractivity contribution < 1.29 is 12.8 Å². The van der Waals surface area contributed by atoms with Crippen LogP contribution >= 0.6 is 15.9 Å². The normalized spacial score (nSPS) is 11.3. The van der Waals surface area contributed by atoms with Crippen LogP contribution in [-0.2, 0) is 16.6 Å². The van der Waals surface area contributed by atoms with Gasteiger partial charge in [0.2, 0.25) is 0 Å². The Kier molecular flexibility index (Phi) is 4.42. The molecule has 0 atom stereocenters. The Bertz CT molecular complexity index is 735. The van der Waals surface area contributed by atoms with E-state index in [0.29, 0.717) is 10.0 Å². The maximum absolute atomic E-state index is 13.7. The minimum Gasteiger partial charge on any atom is -0.326 e. The third kappa shape index (κ3) is 3.17. The number of rotatable bonds is 4. The van der Waals surface area contributed by atoms with Crippen molar-refractivity contribution in [1.82, 2.24) is 0 Å². The first-order valence-electron chi connectivity index (χ1n) is 5.70. The zero-order chi connectivity index (χ0) is 14.8. The quantitative estimate of drug-likeness (QED) is 0.882. The molecule has 0 heterocycles. The number of anilines is 1. The number of sulfonamides is 1. The van der Waals surface area contributed by atoms with Gasteiger partial charge in [-0.2, -0.15) is 0 Å². The first-order chi connectivity index (χ1) is 9.44. The van der Waals surface area contributed by atoms with E-state index in [-0.39, 0.29) is 17.1 Å². The molecule has 106 valence electrons. The van der Waals surface area contributed by atoms with Gasteiger partial charge in [-0.15, -0.1) is 0 Å². The van der Waals surface area contributed by atoms with Crippen molar-refractivity contribution >= 4 is 31.6 Å². The van der Waals surface area contributed by atoms with Gasteiger partial charge in [-0.25, -0.2) is 12.8 Å². The molecule has 2 rings (SSSR count). The van der Waals surface area contributed by atoms with Gasteiger partial charge in [0.25, 0.3) is 10.0 Å². The van der Waals surface area contributed by atoms with Crippen molar-refractivity contribution in [2.24, 2.45) is 5.73 Å². The molecule has 0 unspecified atom stereocenters. The van der Waals surface area contributed by atoms with Crippen LogP contribution in [0.5, 0.6) is 0 Å². The fourth-order valence-electron chi connectivity index (χ4n) is 1.71. The second-order valence-corrected chi connectivity index (χ2v) is 6.61. The van der Waals surface area contributed by atoms with E-state index in [2.05, 4.69) is 20.7 Å². The fraction of sp³-hybridized carbons (Fsp3) is 0.0769. The maximum Gasteiger partial charge on any atom is 0.262 e. The summed E-state index contributed by atoms with van der Waals surface area (Å²) in [5.74, 6) is -0.659. The summed E-state index contributed by atoms with van der Waals surface area (Å²) >= 11 is 3.11. The highest BCUT2D eigenvalue weighted by molar-refractivity contribution is 9.10. The van der Waals surface area contributed by atoms with Crippen LogP contribution < -0.4 is 10.5 Å². The molecule has 0 aliphatic heterocycles. The predicted octanol–water partition coefficient (Wildman–Crippen LogP) is 2.85. The van der Waals surface area contributed by atoms with Crippen molar-refractivity contribution in [3.8, 4) is 0 Å². The van der Waals surface area contributed by atoms with Crippen LogP contribution in [0.15, 0.2) is 51.8 Å². The summed E-state index contributed by atoms with van der Waals surface area (Å²) in [6.45, 7) is 0.0832. The van der Waals surface area contributed by atoms with Gasteiger partial charge in [0.15, 0.2) is 0 Å². The summed E-state index contributed by atoms with van der Waals surface area (Å²) in [5.41, 5.74) is 5.88. The highest BCUT2D eigenvalue weighted by Gasteiger charge is 2.19. The van der Waals surface area contributed by atoms with E-state index in [0.717, 1.165) is 0 Å². The Morgan fingerprint density at radius 3 is 2.55 bits per heavy atom.